The molecule has 0 bridgehead atoms. The predicted octanol–water partition coefficient (Wildman–Crippen LogP) is 4.07. The standard InChI is InChI=1S/C14H24N2S/c1-10(13-7-5-4-6-8-13)16-12(3)14-11(2)15-9-17-14/h9-10,12-13,16H,4-8H2,1-3H3/t10-,12?/m0/s1. The molecule has 1 fully saturated rings. The van der Waals surface area contributed by atoms with Gasteiger partial charge in [-0.15, -0.1) is 11.3 Å². The Morgan fingerprint density at radius 1 is 1.29 bits per heavy atom. The van der Waals surface area contributed by atoms with E-state index in [0.29, 0.717) is 12.1 Å². The highest BCUT2D eigenvalue weighted by Gasteiger charge is 2.22. The van der Waals surface area contributed by atoms with Crippen molar-refractivity contribution in [3.63, 3.8) is 0 Å². The molecule has 1 aliphatic rings. The molecule has 1 saturated carbocycles. The number of aromatic nitrogens is 1. The summed E-state index contributed by atoms with van der Waals surface area (Å²) >= 11 is 1.77. The summed E-state index contributed by atoms with van der Waals surface area (Å²) in [5.74, 6) is 0.874. The van der Waals surface area contributed by atoms with Crippen LogP contribution < -0.4 is 5.32 Å². The summed E-state index contributed by atoms with van der Waals surface area (Å²) < 4.78 is 0. The summed E-state index contributed by atoms with van der Waals surface area (Å²) in [7, 11) is 0. The minimum Gasteiger partial charge on any atom is -0.307 e. The molecule has 0 aromatic carbocycles. The minimum absolute atomic E-state index is 0.444. The van der Waals surface area contributed by atoms with Crippen molar-refractivity contribution in [1.29, 1.82) is 0 Å². The topological polar surface area (TPSA) is 24.9 Å². The highest BCUT2D eigenvalue weighted by atomic mass is 32.1. The molecule has 0 amide bonds. The van der Waals surface area contributed by atoms with E-state index in [-0.39, 0.29) is 0 Å². The molecule has 0 saturated heterocycles. The molecule has 96 valence electrons. The number of nitrogens with one attached hydrogen (secondary N) is 1. The third kappa shape index (κ3) is 3.29. The van der Waals surface area contributed by atoms with Crippen molar-refractivity contribution < 1.29 is 0 Å². The molecule has 2 nitrogen and oxygen atoms in total. The summed E-state index contributed by atoms with van der Waals surface area (Å²) in [6.45, 7) is 6.72. The Labute approximate surface area is 109 Å². The molecule has 3 heteroatoms. The van der Waals surface area contributed by atoms with E-state index in [0.717, 1.165) is 5.92 Å². The molecular weight excluding hydrogens is 228 g/mol. The third-order valence-corrected chi connectivity index (χ3v) is 5.16. The highest BCUT2D eigenvalue weighted by Crippen LogP contribution is 2.28. The minimum atomic E-state index is 0.444. The molecule has 0 aliphatic heterocycles. The molecule has 0 radical (unpaired) electrons. The maximum atomic E-state index is 4.34. The van der Waals surface area contributed by atoms with Crippen LogP contribution in [0, 0.1) is 12.8 Å². The summed E-state index contributed by atoms with van der Waals surface area (Å²) in [5.41, 5.74) is 3.14. The zero-order chi connectivity index (χ0) is 12.3. The van der Waals surface area contributed by atoms with Crippen LogP contribution in [0.3, 0.4) is 0 Å². The molecule has 0 spiro atoms. The second-order valence-corrected chi connectivity index (χ2v) is 6.26. The fraction of sp³-hybridized carbons (Fsp3) is 0.786. The lowest BCUT2D eigenvalue weighted by Crippen LogP contribution is -2.36. The van der Waals surface area contributed by atoms with Gasteiger partial charge in [-0.2, -0.15) is 0 Å². The van der Waals surface area contributed by atoms with Crippen molar-refractivity contribution in [1.82, 2.24) is 10.3 Å². The smallest absolute Gasteiger partial charge is 0.0798 e. The first kappa shape index (κ1) is 13.0. The molecular formula is C14H24N2S. The van der Waals surface area contributed by atoms with Crippen molar-refractivity contribution in [2.75, 3.05) is 0 Å². The summed E-state index contributed by atoms with van der Waals surface area (Å²) in [4.78, 5) is 5.73. The van der Waals surface area contributed by atoms with Crippen LogP contribution in [0.1, 0.15) is 62.6 Å². The Morgan fingerprint density at radius 3 is 2.59 bits per heavy atom. The van der Waals surface area contributed by atoms with Gasteiger partial charge in [0.05, 0.1) is 11.2 Å². The van der Waals surface area contributed by atoms with Crippen molar-refractivity contribution in [2.45, 2.75) is 65.0 Å². The van der Waals surface area contributed by atoms with Gasteiger partial charge in [0.15, 0.2) is 0 Å². The molecule has 1 aromatic rings. The van der Waals surface area contributed by atoms with Crippen molar-refractivity contribution in [3.05, 3.63) is 16.1 Å². The maximum Gasteiger partial charge on any atom is 0.0798 e. The van der Waals surface area contributed by atoms with Gasteiger partial charge in [0.25, 0.3) is 0 Å². The van der Waals surface area contributed by atoms with E-state index < -0.39 is 0 Å². The van der Waals surface area contributed by atoms with Crippen LogP contribution in [-0.2, 0) is 0 Å². The van der Waals surface area contributed by atoms with E-state index in [1.807, 2.05) is 5.51 Å². The SMILES string of the molecule is Cc1ncsc1C(C)N[C@@H](C)C1CCCCC1. The molecule has 1 unspecified atom stereocenters. The van der Waals surface area contributed by atoms with Gasteiger partial charge in [-0.05, 0) is 39.5 Å². The largest absolute Gasteiger partial charge is 0.307 e. The van der Waals surface area contributed by atoms with E-state index in [1.54, 1.807) is 11.3 Å². The average Bonchev–Trinajstić information content (AvgIpc) is 2.76. The normalized spacial score (nSPS) is 21.4. The Balaban J connectivity index is 1.89. The van der Waals surface area contributed by atoms with E-state index in [1.165, 1.54) is 42.7 Å². The van der Waals surface area contributed by atoms with Crippen LogP contribution in [-0.4, -0.2) is 11.0 Å². The van der Waals surface area contributed by atoms with E-state index in [2.05, 4.69) is 31.1 Å². The predicted molar refractivity (Wildman–Crippen MR) is 74.4 cm³/mol. The Bertz CT molecular complexity index is 342. The van der Waals surface area contributed by atoms with Gasteiger partial charge >= 0.3 is 0 Å². The Hall–Kier alpha value is -0.410. The number of nitrogens with zero attached hydrogens (tertiary/aromatic N) is 1. The lowest BCUT2D eigenvalue weighted by Gasteiger charge is -2.30. The number of hydrogen-bond donors (Lipinski definition) is 1. The van der Waals surface area contributed by atoms with Gasteiger partial charge in [0.1, 0.15) is 0 Å². The number of hydrogen-bond acceptors (Lipinski definition) is 3. The summed E-state index contributed by atoms with van der Waals surface area (Å²) in [5, 5.41) is 3.76. The fourth-order valence-electron chi connectivity index (χ4n) is 2.97. The quantitative estimate of drug-likeness (QED) is 0.873. The van der Waals surface area contributed by atoms with Crippen molar-refractivity contribution >= 4 is 11.3 Å². The first-order valence-corrected chi connectivity index (χ1v) is 7.72. The zero-order valence-corrected chi connectivity index (χ0v) is 12.0. The van der Waals surface area contributed by atoms with E-state index in [9.17, 15) is 0 Å². The van der Waals surface area contributed by atoms with E-state index >= 15 is 0 Å². The number of aryl methyl sites for hydroxylation is 1. The number of rotatable bonds is 4. The number of thiazole rings is 1. The van der Waals surface area contributed by atoms with Gasteiger partial charge in [-0.3, -0.25) is 0 Å². The van der Waals surface area contributed by atoms with Gasteiger partial charge in [-0.1, -0.05) is 19.3 Å². The fourth-order valence-corrected chi connectivity index (χ4v) is 3.79. The lowest BCUT2D eigenvalue weighted by atomic mass is 9.84. The van der Waals surface area contributed by atoms with Crippen molar-refractivity contribution in [2.24, 2.45) is 5.92 Å². The molecule has 2 rings (SSSR count). The van der Waals surface area contributed by atoms with Crippen molar-refractivity contribution in [3.8, 4) is 0 Å². The first-order chi connectivity index (χ1) is 8.18. The third-order valence-electron chi connectivity index (χ3n) is 4.05. The highest BCUT2D eigenvalue weighted by molar-refractivity contribution is 7.09. The Morgan fingerprint density at radius 2 is 2.00 bits per heavy atom. The van der Waals surface area contributed by atoms with Gasteiger partial charge < -0.3 is 5.32 Å². The van der Waals surface area contributed by atoms with Gasteiger partial charge in [0, 0.05) is 17.0 Å². The van der Waals surface area contributed by atoms with Crippen LogP contribution >= 0.6 is 11.3 Å². The second kappa shape index (κ2) is 5.96. The summed E-state index contributed by atoms with van der Waals surface area (Å²) in [6, 6.07) is 1.08. The van der Waals surface area contributed by atoms with Crippen LogP contribution in [0.25, 0.3) is 0 Å². The van der Waals surface area contributed by atoms with Gasteiger partial charge in [-0.25, -0.2) is 4.98 Å². The molecule has 1 N–H and O–H groups in total. The average molecular weight is 252 g/mol. The van der Waals surface area contributed by atoms with Crippen LogP contribution in [0.5, 0.6) is 0 Å². The zero-order valence-electron chi connectivity index (χ0n) is 11.2. The van der Waals surface area contributed by atoms with Crippen LogP contribution in [0.15, 0.2) is 5.51 Å². The molecule has 1 heterocycles. The molecule has 2 atom stereocenters. The molecule has 17 heavy (non-hydrogen) atoms. The summed E-state index contributed by atoms with van der Waals surface area (Å²) in [6.07, 6.45) is 7.09. The maximum absolute atomic E-state index is 4.34. The Kier molecular flexibility index (Phi) is 4.57. The second-order valence-electron chi connectivity index (χ2n) is 5.38. The van der Waals surface area contributed by atoms with E-state index in [4.69, 9.17) is 0 Å². The molecule has 1 aliphatic carbocycles. The monoisotopic (exact) mass is 252 g/mol. The van der Waals surface area contributed by atoms with Crippen LogP contribution in [0.4, 0.5) is 0 Å². The lowest BCUT2D eigenvalue weighted by molar-refractivity contribution is 0.269. The first-order valence-electron chi connectivity index (χ1n) is 6.84. The molecule has 1 aromatic heterocycles. The van der Waals surface area contributed by atoms with Crippen LogP contribution in [0.2, 0.25) is 0 Å². The van der Waals surface area contributed by atoms with Gasteiger partial charge in [0.2, 0.25) is 0 Å².